The molecule has 0 unspecified atom stereocenters. The maximum Gasteiger partial charge on any atom is 0.145 e. The molecule has 0 spiro atoms. The number of rotatable bonds is 2. The van der Waals surface area contributed by atoms with Gasteiger partial charge in [-0.05, 0) is 93.0 Å². The lowest BCUT2D eigenvalue weighted by Crippen LogP contribution is -1.96. The standard InChI is InChI=1S/C50H28N2O/c1-2-14-32-29(11-1)12-10-21-40(32)52-43-26-25-42-47(48(43)49-44(52)24-23-37-35-17-6-8-22-45(35)53-50(37)49)38-18-5-7-20-41(38)51(42)31-27-30-13-9-19-36-33-15-3-4-16-34(33)39(28-31)46(30)36/h1-28H. The van der Waals surface area contributed by atoms with Crippen LogP contribution in [0, 0.1) is 0 Å². The summed E-state index contributed by atoms with van der Waals surface area (Å²) in [4.78, 5) is 0. The van der Waals surface area contributed by atoms with Crippen molar-refractivity contribution in [2.45, 2.75) is 0 Å². The molecule has 0 N–H and O–H groups in total. The second-order valence-electron chi connectivity index (χ2n) is 14.4. The van der Waals surface area contributed by atoms with Crippen LogP contribution in [0.2, 0.25) is 0 Å². The molecular weight excluding hydrogens is 645 g/mol. The van der Waals surface area contributed by atoms with Gasteiger partial charge in [0.25, 0.3) is 0 Å². The average Bonchev–Trinajstić information content (AvgIpc) is 3.95. The lowest BCUT2D eigenvalue weighted by atomic mass is 10.0. The Bertz CT molecular complexity index is 3570. The molecule has 9 aromatic carbocycles. The second kappa shape index (κ2) is 9.81. The number of benzene rings is 9. The molecule has 0 atom stereocenters. The maximum absolute atomic E-state index is 6.86. The highest BCUT2D eigenvalue weighted by Crippen LogP contribution is 2.50. The van der Waals surface area contributed by atoms with Crippen LogP contribution in [0.3, 0.4) is 0 Å². The zero-order chi connectivity index (χ0) is 34.4. The fourth-order valence-electron chi connectivity index (χ4n) is 9.70. The van der Waals surface area contributed by atoms with Crippen LogP contribution in [0.25, 0.3) is 121 Å². The molecule has 1 aliphatic carbocycles. The van der Waals surface area contributed by atoms with Crippen molar-refractivity contribution in [3.63, 3.8) is 0 Å². The van der Waals surface area contributed by atoms with E-state index < -0.39 is 0 Å². The van der Waals surface area contributed by atoms with E-state index in [1.165, 1.54) is 76.7 Å². The molecule has 3 heteroatoms. The normalized spacial score (nSPS) is 12.5. The predicted molar refractivity (Wildman–Crippen MR) is 222 cm³/mol. The van der Waals surface area contributed by atoms with Gasteiger partial charge in [-0.15, -0.1) is 0 Å². The maximum atomic E-state index is 6.86. The summed E-state index contributed by atoms with van der Waals surface area (Å²) in [5.74, 6) is 0. The summed E-state index contributed by atoms with van der Waals surface area (Å²) in [6, 6.07) is 62.2. The molecule has 0 fully saturated rings. The van der Waals surface area contributed by atoms with E-state index in [9.17, 15) is 0 Å². The van der Waals surface area contributed by atoms with Crippen LogP contribution < -0.4 is 0 Å². The summed E-state index contributed by atoms with van der Waals surface area (Å²) in [5, 5.41) is 12.1. The SMILES string of the molecule is c1ccc2c(c1)-c1cccc3cc(-n4c5ccccc5c5c6c7c8oc9ccccc9c8ccc7n(-c7cccc8ccccc78)c6ccc54)cc-2c13. The van der Waals surface area contributed by atoms with Gasteiger partial charge in [-0.1, -0.05) is 115 Å². The van der Waals surface area contributed by atoms with E-state index in [0.717, 1.165) is 44.0 Å². The zero-order valence-corrected chi connectivity index (χ0v) is 28.5. The highest BCUT2D eigenvalue weighted by atomic mass is 16.3. The van der Waals surface area contributed by atoms with Gasteiger partial charge in [0.1, 0.15) is 11.2 Å². The van der Waals surface area contributed by atoms with Crippen molar-refractivity contribution in [3.05, 3.63) is 170 Å². The molecule has 0 radical (unpaired) electrons. The lowest BCUT2D eigenvalue weighted by Gasteiger charge is -2.13. The molecule has 0 aliphatic heterocycles. The van der Waals surface area contributed by atoms with Gasteiger partial charge in [-0.3, -0.25) is 0 Å². The number of hydrogen-bond donors (Lipinski definition) is 0. The third kappa shape index (κ3) is 3.44. The topological polar surface area (TPSA) is 23.0 Å². The Morgan fingerprint density at radius 2 is 0.981 bits per heavy atom. The first-order valence-electron chi connectivity index (χ1n) is 18.3. The molecule has 12 aromatic rings. The molecule has 13 rings (SSSR count). The van der Waals surface area contributed by atoms with Crippen LogP contribution in [-0.2, 0) is 0 Å². The van der Waals surface area contributed by atoms with Crippen LogP contribution in [0.5, 0.6) is 0 Å². The molecule has 53 heavy (non-hydrogen) atoms. The number of aromatic nitrogens is 2. The molecule has 0 saturated heterocycles. The predicted octanol–water partition coefficient (Wildman–Crippen LogP) is 13.7. The van der Waals surface area contributed by atoms with Gasteiger partial charge in [0.05, 0.1) is 33.1 Å². The van der Waals surface area contributed by atoms with Crippen molar-refractivity contribution in [1.29, 1.82) is 0 Å². The van der Waals surface area contributed by atoms with E-state index in [-0.39, 0.29) is 0 Å². The van der Waals surface area contributed by atoms with Crippen LogP contribution in [0.4, 0.5) is 0 Å². The molecular formula is C50H28N2O. The highest BCUT2D eigenvalue weighted by molar-refractivity contribution is 6.34. The van der Waals surface area contributed by atoms with Gasteiger partial charge in [-0.25, -0.2) is 0 Å². The van der Waals surface area contributed by atoms with Gasteiger partial charge in [0, 0.05) is 38.0 Å². The molecule has 3 heterocycles. The summed E-state index contributed by atoms with van der Waals surface area (Å²) in [7, 11) is 0. The van der Waals surface area contributed by atoms with E-state index in [0.29, 0.717) is 0 Å². The summed E-state index contributed by atoms with van der Waals surface area (Å²) < 4.78 is 11.8. The molecule has 3 nitrogen and oxygen atoms in total. The molecule has 244 valence electrons. The summed E-state index contributed by atoms with van der Waals surface area (Å²) in [6.07, 6.45) is 0. The largest absolute Gasteiger partial charge is 0.455 e. The van der Waals surface area contributed by atoms with E-state index in [1.807, 2.05) is 0 Å². The minimum Gasteiger partial charge on any atom is -0.455 e. The second-order valence-corrected chi connectivity index (χ2v) is 14.4. The third-order valence-electron chi connectivity index (χ3n) is 11.8. The molecule has 0 bridgehead atoms. The Morgan fingerprint density at radius 3 is 1.89 bits per heavy atom. The van der Waals surface area contributed by atoms with Crippen molar-refractivity contribution >= 4 is 87.1 Å². The molecule has 1 aliphatic rings. The van der Waals surface area contributed by atoms with Crippen molar-refractivity contribution in [3.8, 4) is 33.6 Å². The Kier molecular flexibility index (Phi) is 5.11. The first-order valence-corrected chi connectivity index (χ1v) is 18.3. The van der Waals surface area contributed by atoms with Crippen LogP contribution in [0.15, 0.2) is 174 Å². The van der Waals surface area contributed by atoms with E-state index in [2.05, 4.69) is 179 Å². The quantitative estimate of drug-likeness (QED) is 0.179. The monoisotopic (exact) mass is 672 g/mol. The van der Waals surface area contributed by atoms with Crippen LogP contribution in [-0.4, -0.2) is 9.13 Å². The Hall–Kier alpha value is -7.10. The number of fused-ring (bicyclic) bond motifs is 15. The van der Waals surface area contributed by atoms with Gasteiger partial charge < -0.3 is 13.6 Å². The zero-order valence-electron chi connectivity index (χ0n) is 28.5. The lowest BCUT2D eigenvalue weighted by molar-refractivity contribution is 0.673. The minimum absolute atomic E-state index is 0.907. The van der Waals surface area contributed by atoms with E-state index in [1.54, 1.807) is 0 Å². The van der Waals surface area contributed by atoms with Crippen LogP contribution in [0.1, 0.15) is 0 Å². The van der Waals surface area contributed by atoms with Crippen LogP contribution >= 0.6 is 0 Å². The number of para-hydroxylation sites is 2. The van der Waals surface area contributed by atoms with Crippen molar-refractivity contribution in [1.82, 2.24) is 9.13 Å². The summed E-state index contributed by atoms with van der Waals surface area (Å²) in [5.41, 5.74) is 14.1. The first-order chi connectivity index (χ1) is 26.3. The Balaban J connectivity index is 1.23. The summed E-state index contributed by atoms with van der Waals surface area (Å²) >= 11 is 0. The van der Waals surface area contributed by atoms with Crippen molar-refractivity contribution in [2.75, 3.05) is 0 Å². The van der Waals surface area contributed by atoms with Crippen molar-refractivity contribution in [2.24, 2.45) is 0 Å². The van der Waals surface area contributed by atoms with Gasteiger partial charge in [0.15, 0.2) is 0 Å². The van der Waals surface area contributed by atoms with Gasteiger partial charge in [-0.2, -0.15) is 0 Å². The number of hydrogen-bond acceptors (Lipinski definition) is 1. The number of nitrogens with zero attached hydrogens (tertiary/aromatic N) is 2. The smallest absolute Gasteiger partial charge is 0.145 e. The first kappa shape index (κ1) is 27.6. The molecule has 3 aromatic heterocycles. The number of furan rings is 1. The highest BCUT2D eigenvalue weighted by Gasteiger charge is 2.26. The third-order valence-corrected chi connectivity index (χ3v) is 11.8. The Morgan fingerprint density at radius 1 is 0.340 bits per heavy atom. The van der Waals surface area contributed by atoms with E-state index >= 15 is 0 Å². The Labute approximate surface area is 303 Å². The fourth-order valence-corrected chi connectivity index (χ4v) is 9.70. The van der Waals surface area contributed by atoms with E-state index in [4.69, 9.17) is 4.42 Å². The van der Waals surface area contributed by atoms with Gasteiger partial charge >= 0.3 is 0 Å². The summed E-state index contributed by atoms with van der Waals surface area (Å²) in [6.45, 7) is 0. The van der Waals surface area contributed by atoms with Gasteiger partial charge in [0.2, 0.25) is 0 Å². The molecule has 0 amide bonds. The average molecular weight is 673 g/mol. The minimum atomic E-state index is 0.907. The fraction of sp³-hybridized carbons (Fsp3) is 0. The molecule has 0 saturated carbocycles. The van der Waals surface area contributed by atoms with Crippen molar-refractivity contribution < 1.29 is 4.42 Å².